The molecule has 1 aromatic rings. The van der Waals surface area contributed by atoms with E-state index in [1.807, 2.05) is 0 Å². The fourth-order valence-electron chi connectivity index (χ4n) is 0.577. The van der Waals surface area contributed by atoms with Gasteiger partial charge in [0.15, 0.2) is 0 Å². The van der Waals surface area contributed by atoms with Gasteiger partial charge in [-0.2, -0.15) is 4.73 Å². The molecule has 0 saturated heterocycles. The second-order valence-electron chi connectivity index (χ2n) is 2.04. The third-order valence-electron chi connectivity index (χ3n) is 1.20. The van der Waals surface area contributed by atoms with Crippen LogP contribution in [0.4, 0.5) is 0 Å². The van der Waals surface area contributed by atoms with Gasteiger partial charge in [0.1, 0.15) is 0 Å². The predicted octanol–water partition coefficient (Wildman–Crippen LogP) is -0.670. The van der Waals surface area contributed by atoms with Crippen LogP contribution in [0.1, 0.15) is 16.2 Å². The van der Waals surface area contributed by atoms with E-state index in [0.29, 0.717) is 10.4 Å². The molecule has 6 heteroatoms. The summed E-state index contributed by atoms with van der Waals surface area (Å²) in [5, 5.41) is 26.1. The molecule has 6 nitrogen and oxygen atoms in total. The summed E-state index contributed by atoms with van der Waals surface area (Å²) >= 11 is 0. The molecule has 0 saturated carbocycles. The molecule has 1 aromatic heterocycles. The number of carboxylic acid groups (broad SMARTS) is 1. The Morgan fingerprint density at radius 3 is 2.54 bits per heavy atom. The molecule has 1 heterocycles. The van der Waals surface area contributed by atoms with Gasteiger partial charge in [-0.3, -0.25) is 0 Å². The van der Waals surface area contributed by atoms with E-state index in [4.69, 9.17) is 10.2 Å². The standard InChI is InChI=1S/C6H6N2O3.CH4O/c1-4-2-7-5(6(9)10)3-8(4)11;1-2/h2-3H,1H3,(H,9,10);2H,1H3. The van der Waals surface area contributed by atoms with Crippen molar-refractivity contribution in [2.24, 2.45) is 0 Å². The van der Waals surface area contributed by atoms with Gasteiger partial charge in [-0.05, 0) is 0 Å². The monoisotopic (exact) mass is 186 g/mol. The lowest BCUT2D eigenvalue weighted by molar-refractivity contribution is -0.613. The highest BCUT2D eigenvalue weighted by molar-refractivity contribution is 5.84. The molecule has 0 aliphatic heterocycles. The van der Waals surface area contributed by atoms with Gasteiger partial charge in [-0.1, -0.05) is 0 Å². The summed E-state index contributed by atoms with van der Waals surface area (Å²) in [5.41, 5.74) is 0.126. The van der Waals surface area contributed by atoms with Crippen LogP contribution >= 0.6 is 0 Å². The van der Waals surface area contributed by atoms with E-state index >= 15 is 0 Å². The van der Waals surface area contributed by atoms with Crippen LogP contribution in [0.15, 0.2) is 12.4 Å². The molecule has 0 unspecified atom stereocenters. The number of rotatable bonds is 1. The largest absolute Gasteiger partial charge is 0.618 e. The lowest BCUT2D eigenvalue weighted by Gasteiger charge is -1.98. The average molecular weight is 186 g/mol. The Labute approximate surface area is 74.7 Å². The lowest BCUT2D eigenvalue weighted by atomic mass is 10.4. The quantitative estimate of drug-likeness (QED) is 0.447. The molecule has 0 aliphatic rings. The van der Waals surface area contributed by atoms with Crippen molar-refractivity contribution in [2.75, 3.05) is 7.11 Å². The normalized spacial score (nSPS) is 8.54. The van der Waals surface area contributed by atoms with Crippen LogP contribution in [0.3, 0.4) is 0 Å². The van der Waals surface area contributed by atoms with E-state index in [0.717, 1.165) is 13.3 Å². The maximum atomic E-state index is 10.8. The predicted molar refractivity (Wildman–Crippen MR) is 43.0 cm³/mol. The van der Waals surface area contributed by atoms with Crippen LogP contribution in [-0.4, -0.2) is 28.3 Å². The molecule has 0 radical (unpaired) electrons. The Kier molecular flexibility index (Phi) is 4.39. The van der Waals surface area contributed by atoms with Crippen molar-refractivity contribution < 1.29 is 19.7 Å². The molecule has 0 atom stereocenters. The van der Waals surface area contributed by atoms with E-state index in [2.05, 4.69) is 4.98 Å². The first-order valence-corrected chi connectivity index (χ1v) is 3.35. The Morgan fingerprint density at radius 2 is 2.15 bits per heavy atom. The lowest BCUT2D eigenvalue weighted by Crippen LogP contribution is -2.31. The summed E-state index contributed by atoms with van der Waals surface area (Å²) < 4.78 is 0.469. The Balaban J connectivity index is 0.000000671. The van der Waals surface area contributed by atoms with Crippen molar-refractivity contribution in [2.45, 2.75) is 6.92 Å². The molecular formula is C7H10N2O4. The summed E-state index contributed by atoms with van der Waals surface area (Å²) in [5.74, 6) is -1.20. The van der Waals surface area contributed by atoms with Crippen LogP contribution < -0.4 is 4.73 Å². The molecule has 1 rings (SSSR count). The minimum Gasteiger partial charge on any atom is -0.618 e. The van der Waals surface area contributed by atoms with Crippen molar-refractivity contribution in [1.82, 2.24) is 4.98 Å². The Bertz CT molecular complexity index is 301. The van der Waals surface area contributed by atoms with Crippen molar-refractivity contribution in [3.8, 4) is 0 Å². The van der Waals surface area contributed by atoms with Gasteiger partial charge >= 0.3 is 5.97 Å². The van der Waals surface area contributed by atoms with Crippen molar-refractivity contribution in [1.29, 1.82) is 0 Å². The SMILES string of the molecule is CO.Cc1cnc(C(=O)O)c[n+]1[O-]. The van der Waals surface area contributed by atoms with Crippen molar-refractivity contribution in [3.05, 3.63) is 29.0 Å². The van der Waals surface area contributed by atoms with Gasteiger partial charge < -0.3 is 15.4 Å². The van der Waals surface area contributed by atoms with Gasteiger partial charge in [0.2, 0.25) is 17.6 Å². The van der Waals surface area contributed by atoms with E-state index in [9.17, 15) is 10.0 Å². The highest BCUT2D eigenvalue weighted by atomic mass is 16.5. The van der Waals surface area contributed by atoms with Crippen LogP contribution in [0, 0.1) is 12.1 Å². The topological polar surface area (TPSA) is 97.4 Å². The first kappa shape index (κ1) is 11.3. The maximum Gasteiger partial charge on any atom is 0.360 e. The molecule has 2 N–H and O–H groups in total. The minimum absolute atomic E-state index is 0.245. The van der Waals surface area contributed by atoms with E-state index in [1.54, 1.807) is 6.92 Å². The molecule has 0 aliphatic carbocycles. The molecule has 0 amide bonds. The number of aromatic carboxylic acids is 1. The number of hydrogen-bond acceptors (Lipinski definition) is 4. The third kappa shape index (κ3) is 3.04. The number of aliphatic hydroxyl groups excluding tert-OH is 1. The van der Waals surface area contributed by atoms with Gasteiger partial charge in [0.05, 0.1) is 6.20 Å². The van der Waals surface area contributed by atoms with Gasteiger partial charge in [-0.15, -0.1) is 0 Å². The number of aryl methyl sites for hydroxylation is 1. The van der Waals surface area contributed by atoms with E-state index in [1.165, 1.54) is 6.20 Å². The van der Waals surface area contributed by atoms with E-state index in [-0.39, 0.29) is 5.69 Å². The number of hydrogen-bond donors (Lipinski definition) is 2. The summed E-state index contributed by atoms with van der Waals surface area (Å²) in [6.45, 7) is 1.55. The number of aromatic nitrogens is 2. The fraction of sp³-hybridized carbons (Fsp3) is 0.286. The Hall–Kier alpha value is -1.69. The van der Waals surface area contributed by atoms with Crippen LogP contribution in [-0.2, 0) is 0 Å². The number of carbonyl (C=O) groups is 1. The summed E-state index contributed by atoms with van der Waals surface area (Å²) in [6.07, 6.45) is 2.15. The van der Waals surface area contributed by atoms with Crippen LogP contribution in [0.5, 0.6) is 0 Å². The van der Waals surface area contributed by atoms with Crippen LogP contribution in [0.2, 0.25) is 0 Å². The second-order valence-corrected chi connectivity index (χ2v) is 2.04. The molecule has 13 heavy (non-hydrogen) atoms. The first-order chi connectivity index (χ1) is 6.11. The highest BCUT2D eigenvalue weighted by Crippen LogP contribution is 1.90. The minimum atomic E-state index is -1.20. The zero-order chi connectivity index (χ0) is 10.4. The smallest absolute Gasteiger partial charge is 0.360 e. The molecule has 72 valence electrons. The van der Waals surface area contributed by atoms with Crippen molar-refractivity contribution >= 4 is 5.97 Å². The molecule has 0 fully saturated rings. The van der Waals surface area contributed by atoms with E-state index < -0.39 is 5.97 Å². The number of nitrogens with zero attached hydrogens (tertiary/aromatic N) is 2. The summed E-state index contributed by atoms with van der Waals surface area (Å²) in [6, 6.07) is 0. The molecule has 0 spiro atoms. The zero-order valence-electron chi connectivity index (χ0n) is 7.26. The fourth-order valence-corrected chi connectivity index (χ4v) is 0.577. The zero-order valence-corrected chi connectivity index (χ0v) is 7.26. The average Bonchev–Trinajstić information content (AvgIpc) is 2.13. The highest BCUT2D eigenvalue weighted by Gasteiger charge is 2.09. The third-order valence-corrected chi connectivity index (χ3v) is 1.20. The molecular weight excluding hydrogens is 176 g/mol. The summed E-state index contributed by atoms with van der Waals surface area (Å²) in [7, 11) is 1.00. The Morgan fingerprint density at radius 1 is 1.62 bits per heavy atom. The maximum absolute atomic E-state index is 10.8. The van der Waals surface area contributed by atoms with Gasteiger partial charge in [-0.25, -0.2) is 9.78 Å². The second kappa shape index (κ2) is 5.04. The summed E-state index contributed by atoms with van der Waals surface area (Å²) in [4.78, 5) is 13.8. The number of aliphatic hydroxyl groups is 1. The van der Waals surface area contributed by atoms with Crippen LogP contribution in [0.25, 0.3) is 0 Å². The van der Waals surface area contributed by atoms with Gasteiger partial charge in [0.25, 0.3) is 0 Å². The van der Waals surface area contributed by atoms with Gasteiger partial charge in [0, 0.05) is 14.0 Å². The molecule has 0 aromatic carbocycles. The van der Waals surface area contributed by atoms with Crippen molar-refractivity contribution in [3.63, 3.8) is 0 Å². The molecule has 0 bridgehead atoms. The first-order valence-electron chi connectivity index (χ1n) is 3.35. The number of carboxylic acids is 1.